The van der Waals surface area contributed by atoms with Gasteiger partial charge in [-0.15, -0.1) is 0 Å². The molecular weight excluding hydrogens is 494 g/mol. The molecule has 0 aliphatic carbocycles. The zero-order valence-corrected chi connectivity index (χ0v) is 22.9. The molecule has 3 aromatic rings. The van der Waals surface area contributed by atoms with Crippen molar-refractivity contribution >= 4 is 23.6 Å². The second kappa shape index (κ2) is 11.6. The summed E-state index contributed by atoms with van der Waals surface area (Å²) in [6, 6.07) is 19.4. The van der Waals surface area contributed by atoms with Crippen LogP contribution in [0, 0.1) is 0 Å². The van der Waals surface area contributed by atoms with Gasteiger partial charge >= 0.3 is 6.09 Å². The topological polar surface area (TPSA) is 99.2 Å². The molecule has 1 aliphatic heterocycles. The van der Waals surface area contributed by atoms with Gasteiger partial charge in [0.25, 0.3) is 11.8 Å². The first-order valence-corrected chi connectivity index (χ1v) is 13.1. The molecule has 0 atom stereocenters. The number of carbonyl (C=O) groups excluding carboxylic acids is 3. The number of nitrogens with one attached hydrogen (secondary N) is 1. The van der Waals surface area contributed by atoms with Crippen LogP contribution in [0.1, 0.15) is 54.0 Å². The molecule has 1 aliphatic rings. The van der Waals surface area contributed by atoms with Gasteiger partial charge in [0.2, 0.25) is 0 Å². The molecule has 1 saturated heterocycles. The Morgan fingerprint density at radius 3 is 2.03 bits per heavy atom. The van der Waals surface area contributed by atoms with E-state index in [4.69, 9.17) is 4.74 Å². The highest BCUT2D eigenvalue weighted by Crippen LogP contribution is 2.27. The first-order chi connectivity index (χ1) is 18.5. The maximum Gasteiger partial charge on any atom is 0.410 e. The van der Waals surface area contributed by atoms with Crippen molar-refractivity contribution in [1.82, 2.24) is 9.80 Å². The van der Waals surface area contributed by atoms with Crippen LogP contribution >= 0.6 is 0 Å². The highest BCUT2D eigenvalue weighted by atomic mass is 16.6. The van der Waals surface area contributed by atoms with E-state index < -0.39 is 5.60 Å². The van der Waals surface area contributed by atoms with Crippen LogP contribution in [0.5, 0.6) is 5.75 Å². The van der Waals surface area contributed by atoms with E-state index in [1.54, 1.807) is 46.2 Å². The van der Waals surface area contributed by atoms with Crippen molar-refractivity contribution in [3.63, 3.8) is 0 Å². The van der Waals surface area contributed by atoms with Crippen molar-refractivity contribution in [2.45, 2.75) is 39.7 Å². The molecular formula is C31H35N3O5. The van der Waals surface area contributed by atoms with E-state index in [0.29, 0.717) is 48.6 Å². The lowest BCUT2D eigenvalue weighted by atomic mass is 10.0. The molecule has 0 bridgehead atoms. The van der Waals surface area contributed by atoms with Crippen LogP contribution in [0.4, 0.5) is 10.5 Å². The Kier molecular flexibility index (Phi) is 8.24. The SMILES string of the molecule is CCc1ccc(NC(=O)c2cc(O)cc(-c3ccc(C(=O)N4CCN(C(=O)OC(C)(C)C)CC4)cc3)c2)cc1. The van der Waals surface area contributed by atoms with E-state index in [2.05, 4.69) is 12.2 Å². The molecule has 8 nitrogen and oxygen atoms in total. The van der Waals surface area contributed by atoms with Gasteiger partial charge in [-0.1, -0.05) is 31.2 Å². The minimum atomic E-state index is -0.563. The quantitative estimate of drug-likeness (QED) is 0.450. The van der Waals surface area contributed by atoms with Crippen LogP contribution < -0.4 is 5.32 Å². The molecule has 204 valence electrons. The third kappa shape index (κ3) is 7.16. The van der Waals surface area contributed by atoms with Gasteiger partial charge in [-0.3, -0.25) is 9.59 Å². The highest BCUT2D eigenvalue weighted by molar-refractivity contribution is 6.05. The summed E-state index contributed by atoms with van der Waals surface area (Å²) in [6.45, 7) is 9.22. The number of benzene rings is 3. The fraction of sp³-hybridized carbons (Fsp3) is 0.323. The summed E-state index contributed by atoms with van der Waals surface area (Å²) in [5.74, 6) is -0.467. The molecule has 3 aromatic carbocycles. The van der Waals surface area contributed by atoms with Crippen molar-refractivity contribution in [1.29, 1.82) is 0 Å². The molecule has 8 heteroatoms. The van der Waals surface area contributed by atoms with Crippen molar-refractivity contribution in [2.75, 3.05) is 31.5 Å². The van der Waals surface area contributed by atoms with E-state index in [1.807, 2.05) is 45.0 Å². The fourth-order valence-electron chi connectivity index (χ4n) is 4.34. The molecule has 0 saturated carbocycles. The predicted octanol–water partition coefficient (Wildman–Crippen LogP) is 5.57. The number of carbonyl (C=O) groups is 3. The van der Waals surface area contributed by atoms with Gasteiger partial charge in [-0.25, -0.2) is 4.79 Å². The molecule has 0 radical (unpaired) electrons. The lowest BCUT2D eigenvalue weighted by molar-refractivity contribution is 0.0141. The normalized spacial score (nSPS) is 13.6. The number of hydrogen-bond acceptors (Lipinski definition) is 5. The summed E-state index contributed by atoms with van der Waals surface area (Å²) in [7, 11) is 0. The number of phenolic OH excluding ortho intramolecular Hbond substituents is 1. The van der Waals surface area contributed by atoms with Crippen LogP contribution in [-0.2, 0) is 11.2 Å². The molecule has 0 aromatic heterocycles. The van der Waals surface area contributed by atoms with Gasteiger partial charge < -0.3 is 25.0 Å². The van der Waals surface area contributed by atoms with Gasteiger partial charge in [0, 0.05) is 43.0 Å². The number of rotatable bonds is 5. The number of anilines is 1. The van der Waals surface area contributed by atoms with Gasteiger partial charge in [-0.05, 0) is 86.3 Å². The first kappa shape index (κ1) is 27.7. The molecule has 3 amide bonds. The van der Waals surface area contributed by atoms with Crippen molar-refractivity contribution in [2.24, 2.45) is 0 Å². The highest BCUT2D eigenvalue weighted by Gasteiger charge is 2.28. The number of hydrogen-bond donors (Lipinski definition) is 2. The molecule has 1 fully saturated rings. The Balaban J connectivity index is 1.40. The smallest absolute Gasteiger partial charge is 0.410 e. The lowest BCUT2D eigenvalue weighted by Gasteiger charge is -2.35. The van der Waals surface area contributed by atoms with Gasteiger partial charge in [0.1, 0.15) is 11.4 Å². The van der Waals surface area contributed by atoms with E-state index in [1.165, 1.54) is 11.6 Å². The standard InChI is InChI=1S/C31H35N3O5/c1-5-21-6-12-26(13-7-21)32-28(36)25-18-24(19-27(35)20-25)22-8-10-23(11-9-22)29(37)33-14-16-34(17-15-33)30(38)39-31(2,3)4/h6-13,18-20,35H,5,14-17H2,1-4H3,(H,32,36). The minimum absolute atomic E-state index is 0.0259. The molecule has 1 heterocycles. The van der Waals surface area contributed by atoms with E-state index in [0.717, 1.165) is 12.0 Å². The zero-order chi connectivity index (χ0) is 28.2. The first-order valence-electron chi connectivity index (χ1n) is 13.1. The summed E-state index contributed by atoms with van der Waals surface area (Å²) >= 11 is 0. The van der Waals surface area contributed by atoms with E-state index >= 15 is 0 Å². The van der Waals surface area contributed by atoms with Gasteiger partial charge in [0.15, 0.2) is 0 Å². The number of aromatic hydroxyl groups is 1. The minimum Gasteiger partial charge on any atom is -0.508 e. The van der Waals surface area contributed by atoms with Crippen LogP contribution in [0.15, 0.2) is 66.7 Å². The molecule has 4 rings (SSSR count). The summed E-state index contributed by atoms with van der Waals surface area (Å²) in [4.78, 5) is 41.5. The van der Waals surface area contributed by atoms with Crippen molar-refractivity contribution in [3.05, 3.63) is 83.4 Å². The fourth-order valence-corrected chi connectivity index (χ4v) is 4.34. The Morgan fingerprint density at radius 1 is 0.821 bits per heavy atom. The van der Waals surface area contributed by atoms with Crippen LogP contribution in [-0.4, -0.2) is 64.6 Å². The third-order valence-corrected chi connectivity index (χ3v) is 6.48. The van der Waals surface area contributed by atoms with Crippen LogP contribution in [0.3, 0.4) is 0 Å². The van der Waals surface area contributed by atoms with E-state index in [-0.39, 0.29) is 23.7 Å². The van der Waals surface area contributed by atoms with Gasteiger partial charge in [0.05, 0.1) is 0 Å². The predicted molar refractivity (Wildman–Crippen MR) is 151 cm³/mol. The number of ether oxygens (including phenoxy) is 1. The average Bonchev–Trinajstić information content (AvgIpc) is 2.92. The number of amides is 3. The largest absolute Gasteiger partial charge is 0.508 e. The van der Waals surface area contributed by atoms with Crippen molar-refractivity contribution in [3.8, 4) is 16.9 Å². The monoisotopic (exact) mass is 529 g/mol. The van der Waals surface area contributed by atoms with Gasteiger partial charge in [-0.2, -0.15) is 0 Å². The molecule has 0 unspecified atom stereocenters. The number of phenols is 1. The summed E-state index contributed by atoms with van der Waals surface area (Å²) in [6.07, 6.45) is 0.548. The maximum absolute atomic E-state index is 13.1. The third-order valence-electron chi connectivity index (χ3n) is 6.48. The molecule has 2 N–H and O–H groups in total. The molecule has 0 spiro atoms. The molecule has 39 heavy (non-hydrogen) atoms. The van der Waals surface area contributed by atoms with Crippen LogP contribution in [0.25, 0.3) is 11.1 Å². The number of nitrogens with zero attached hydrogens (tertiary/aromatic N) is 2. The zero-order valence-electron chi connectivity index (χ0n) is 22.9. The van der Waals surface area contributed by atoms with E-state index in [9.17, 15) is 19.5 Å². The maximum atomic E-state index is 13.1. The number of aryl methyl sites for hydroxylation is 1. The lowest BCUT2D eigenvalue weighted by Crippen LogP contribution is -2.51. The summed E-state index contributed by atoms with van der Waals surface area (Å²) in [5, 5.41) is 13.2. The van der Waals surface area contributed by atoms with Crippen molar-refractivity contribution < 1.29 is 24.2 Å². The Labute approximate surface area is 229 Å². The summed E-state index contributed by atoms with van der Waals surface area (Å²) < 4.78 is 5.42. The Morgan fingerprint density at radius 2 is 1.44 bits per heavy atom. The average molecular weight is 530 g/mol. The Hall–Kier alpha value is -4.33. The Bertz CT molecular complexity index is 1340. The van der Waals surface area contributed by atoms with Crippen LogP contribution in [0.2, 0.25) is 0 Å². The summed E-state index contributed by atoms with van der Waals surface area (Å²) in [5.41, 5.74) is 3.57. The second-order valence-electron chi connectivity index (χ2n) is 10.6. The second-order valence-corrected chi connectivity index (χ2v) is 10.6. The number of piperazine rings is 1.